The summed E-state index contributed by atoms with van der Waals surface area (Å²) in [7, 11) is 0. The van der Waals surface area contributed by atoms with Gasteiger partial charge in [-0.1, -0.05) is 18.2 Å². The zero-order chi connectivity index (χ0) is 18.4. The number of para-hydroxylation sites is 1. The molecule has 1 aromatic carbocycles. The summed E-state index contributed by atoms with van der Waals surface area (Å²) < 4.78 is 5.86. The van der Waals surface area contributed by atoms with Gasteiger partial charge in [0.05, 0.1) is 11.3 Å². The Bertz CT molecular complexity index is 788. The molecule has 0 saturated heterocycles. The van der Waals surface area contributed by atoms with Gasteiger partial charge in [0.15, 0.2) is 0 Å². The summed E-state index contributed by atoms with van der Waals surface area (Å²) in [4.78, 5) is 26.9. The largest absolute Gasteiger partial charge is 0.474 e. The predicted octanol–water partition coefficient (Wildman–Crippen LogP) is 3.17. The number of hydrogen-bond acceptors (Lipinski definition) is 5. The van der Waals surface area contributed by atoms with Gasteiger partial charge in [0, 0.05) is 30.4 Å². The number of nitrogens with zero attached hydrogens (tertiary/aromatic N) is 2. The van der Waals surface area contributed by atoms with E-state index in [4.69, 9.17) is 4.74 Å². The molecule has 0 aliphatic heterocycles. The van der Waals surface area contributed by atoms with E-state index in [2.05, 4.69) is 10.3 Å². The number of rotatable bonds is 7. The Kier molecular flexibility index (Phi) is 5.78. The van der Waals surface area contributed by atoms with Gasteiger partial charge >= 0.3 is 0 Å². The van der Waals surface area contributed by atoms with Crippen LogP contribution in [0.1, 0.15) is 36.8 Å². The number of carbonyl (C=O) groups is 1. The van der Waals surface area contributed by atoms with E-state index < -0.39 is 4.92 Å². The third-order valence-electron chi connectivity index (χ3n) is 4.42. The number of aromatic nitrogens is 1. The van der Waals surface area contributed by atoms with E-state index in [1.165, 1.54) is 18.9 Å². The predicted molar refractivity (Wildman–Crippen MR) is 95.8 cm³/mol. The van der Waals surface area contributed by atoms with E-state index in [0.29, 0.717) is 18.0 Å². The van der Waals surface area contributed by atoms with Gasteiger partial charge in [-0.25, -0.2) is 4.98 Å². The summed E-state index contributed by atoms with van der Waals surface area (Å²) >= 11 is 0. The monoisotopic (exact) mass is 355 g/mol. The van der Waals surface area contributed by atoms with Gasteiger partial charge in [0.2, 0.25) is 11.8 Å². The number of nitro benzene ring substituents is 1. The summed E-state index contributed by atoms with van der Waals surface area (Å²) in [6, 6.07) is 9.90. The van der Waals surface area contributed by atoms with Crippen molar-refractivity contribution >= 4 is 11.6 Å². The van der Waals surface area contributed by atoms with Crippen molar-refractivity contribution in [3.63, 3.8) is 0 Å². The molecule has 7 nitrogen and oxygen atoms in total. The SMILES string of the molecule is O=C(Cc1ccccc1[N+](=O)[O-])NCc1ccnc(OC2CCCC2)c1. The number of amides is 1. The molecule has 1 heterocycles. The Morgan fingerprint density at radius 1 is 1.27 bits per heavy atom. The molecule has 0 bridgehead atoms. The summed E-state index contributed by atoms with van der Waals surface area (Å²) in [6.07, 6.45) is 6.34. The third kappa shape index (κ3) is 4.78. The highest BCUT2D eigenvalue weighted by atomic mass is 16.6. The molecular weight excluding hydrogens is 334 g/mol. The Balaban J connectivity index is 1.55. The smallest absolute Gasteiger partial charge is 0.273 e. The first-order valence-corrected chi connectivity index (χ1v) is 8.72. The topological polar surface area (TPSA) is 94.4 Å². The maximum Gasteiger partial charge on any atom is 0.273 e. The van der Waals surface area contributed by atoms with Crippen LogP contribution >= 0.6 is 0 Å². The van der Waals surface area contributed by atoms with Gasteiger partial charge in [-0.15, -0.1) is 0 Å². The molecule has 1 aliphatic carbocycles. The van der Waals surface area contributed by atoms with Crippen molar-refractivity contribution in [1.82, 2.24) is 10.3 Å². The minimum absolute atomic E-state index is 0.0341. The van der Waals surface area contributed by atoms with Crippen LogP contribution in [0.25, 0.3) is 0 Å². The fourth-order valence-electron chi connectivity index (χ4n) is 3.08. The maximum absolute atomic E-state index is 12.1. The lowest BCUT2D eigenvalue weighted by Crippen LogP contribution is -2.25. The zero-order valence-corrected chi connectivity index (χ0v) is 14.4. The molecule has 1 aliphatic rings. The highest BCUT2D eigenvalue weighted by molar-refractivity contribution is 5.79. The summed E-state index contributed by atoms with van der Waals surface area (Å²) in [5, 5.41) is 13.8. The second-order valence-corrected chi connectivity index (χ2v) is 6.37. The molecule has 0 atom stereocenters. The molecule has 1 N–H and O–H groups in total. The van der Waals surface area contributed by atoms with E-state index in [0.717, 1.165) is 18.4 Å². The second-order valence-electron chi connectivity index (χ2n) is 6.37. The molecule has 1 saturated carbocycles. The van der Waals surface area contributed by atoms with Crippen molar-refractivity contribution < 1.29 is 14.5 Å². The lowest BCUT2D eigenvalue weighted by molar-refractivity contribution is -0.385. The maximum atomic E-state index is 12.1. The normalized spacial score (nSPS) is 14.2. The zero-order valence-electron chi connectivity index (χ0n) is 14.4. The Labute approximate surface area is 151 Å². The molecular formula is C19H21N3O4. The number of ether oxygens (including phenoxy) is 1. The van der Waals surface area contributed by atoms with Crippen LogP contribution in [0.4, 0.5) is 5.69 Å². The summed E-state index contributed by atoms with van der Waals surface area (Å²) in [6.45, 7) is 0.322. The standard InChI is InChI=1S/C19H21N3O4/c23-18(12-15-5-1-4-8-17(15)22(24)25)21-13-14-9-10-20-19(11-14)26-16-6-2-3-7-16/h1,4-5,8-11,16H,2-3,6-7,12-13H2,(H,21,23). The van der Waals surface area contributed by atoms with Crippen LogP contribution in [0.3, 0.4) is 0 Å². The Hall–Kier alpha value is -2.96. The molecule has 3 rings (SSSR count). The van der Waals surface area contributed by atoms with Crippen molar-refractivity contribution in [1.29, 1.82) is 0 Å². The van der Waals surface area contributed by atoms with Crippen LogP contribution in [0.15, 0.2) is 42.6 Å². The van der Waals surface area contributed by atoms with Gasteiger partial charge in [0.25, 0.3) is 5.69 Å². The molecule has 0 unspecified atom stereocenters. The van der Waals surface area contributed by atoms with Crippen molar-refractivity contribution in [3.8, 4) is 5.88 Å². The Morgan fingerprint density at radius 3 is 2.81 bits per heavy atom. The molecule has 0 radical (unpaired) electrons. The van der Waals surface area contributed by atoms with Gasteiger partial charge < -0.3 is 10.1 Å². The minimum atomic E-state index is -0.474. The number of carbonyl (C=O) groups excluding carboxylic acids is 1. The molecule has 26 heavy (non-hydrogen) atoms. The molecule has 1 aromatic heterocycles. The first-order chi connectivity index (χ1) is 12.6. The van der Waals surface area contributed by atoms with Crippen molar-refractivity contribution in [3.05, 3.63) is 63.8 Å². The molecule has 7 heteroatoms. The van der Waals surface area contributed by atoms with Crippen molar-refractivity contribution in [2.75, 3.05) is 0 Å². The fraction of sp³-hybridized carbons (Fsp3) is 0.368. The fourth-order valence-corrected chi connectivity index (χ4v) is 3.08. The van der Waals surface area contributed by atoms with E-state index in [1.54, 1.807) is 24.4 Å². The summed E-state index contributed by atoms with van der Waals surface area (Å²) in [5.41, 5.74) is 1.23. The van der Waals surface area contributed by atoms with E-state index >= 15 is 0 Å². The number of nitro groups is 1. The van der Waals surface area contributed by atoms with Crippen LogP contribution in [0.2, 0.25) is 0 Å². The van der Waals surface area contributed by atoms with Crippen LogP contribution in [0.5, 0.6) is 5.88 Å². The van der Waals surface area contributed by atoms with Crippen LogP contribution in [-0.2, 0) is 17.8 Å². The highest BCUT2D eigenvalue weighted by Crippen LogP contribution is 2.23. The highest BCUT2D eigenvalue weighted by Gasteiger charge is 2.17. The van der Waals surface area contributed by atoms with E-state index in [-0.39, 0.29) is 24.1 Å². The van der Waals surface area contributed by atoms with Crippen molar-refractivity contribution in [2.45, 2.75) is 44.8 Å². The van der Waals surface area contributed by atoms with Crippen LogP contribution in [0, 0.1) is 10.1 Å². The van der Waals surface area contributed by atoms with E-state index in [1.807, 2.05) is 12.1 Å². The quantitative estimate of drug-likeness (QED) is 0.608. The van der Waals surface area contributed by atoms with E-state index in [9.17, 15) is 14.9 Å². The first-order valence-electron chi connectivity index (χ1n) is 8.72. The van der Waals surface area contributed by atoms with Crippen LogP contribution in [-0.4, -0.2) is 21.9 Å². The van der Waals surface area contributed by atoms with Gasteiger partial charge in [-0.3, -0.25) is 14.9 Å². The lowest BCUT2D eigenvalue weighted by Gasteiger charge is -2.13. The van der Waals surface area contributed by atoms with Gasteiger partial charge in [-0.2, -0.15) is 0 Å². The molecule has 0 spiro atoms. The molecule has 2 aromatic rings. The summed E-state index contributed by atoms with van der Waals surface area (Å²) in [5.74, 6) is 0.303. The molecule has 1 amide bonds. The average Bonchev–Trinajstić information content (AvgIpc) is 3.13. The van der Waals surface area contributed by atoms with Gasteiger partial charge in [-0.05, 0) is 37.3 Å². The number of nitrogens with one attached hydrogen (secondary N) is 1. The number of hydrogen-bond donors (Lipinski definition) is 1. The first kappa shape index (κ1) is 17.8. The minimum Gasteiger partial charge on any atom is -0.474 e. The lowest BCUT2D eigenvalue weighted by atomic mass is 10.1. The third-order valence-corrected chi connectivity index (χ3v) is 4.42. The second kappa shape index (κ2) is 8.42. The van der Waals surface area contributed by atoms with Crippen LogP contribution < -0.4 is 10.1 Å². The number of pyridine rings is 1. The number of benzene rings is 1. The Morgan fingerprint density at radius 2 is 2.04 bits per heavy atom. The van der Waals surface area contributed by atoms with Crippen molar-refractivity contribution in [2.24, 2.45) is 0 Å². The molecule has 1 fully saturated rings. The van der Waals surface area contributed by atoms with Gasteiger partial charge in [0.1, 0.15) is 6.10 Å². The average molecular weight is 355 g/mol. The molecule has 136 valence electrons.